The van der Waals surface area contributed by atoms with Crippen molar-refractivity contribution in [3.8, 4) is 5.75 Å². The van der Waals surface area contributed by atoms with Gasteiger partial charge in [0.05, 0.1) is 11.0 Å². The molecule has 7 nitrogen and oxygen atoms in total. The number of likely N-dealkylation sites (tertiary alicyclic amines) is 1. The molecule has 3 aromatic rings. The maximum absolute atomic E-state index is 13.4. The van der Waals surface area contributed by atoms with Crippen LogP contribution in [-0.4, -0.2) is 38.5 Å². The van der Waals surface area contributed by atoms with E-state index in [0.717, 1.165) is 53.9 Å². The van der Waals surface area contributed by atoms with Crippen molar-refractivity contribution in [1.29, 1.82) is 0 Å². The summed E-state index contributed by atoms with van der Waals surface area (Å²) in [5.74, 6) is -0.157. The molecular formula is C26H29ClN4O3. The van der Waals surface area contributed by atoms with Gasteiger partial charge in [0.1, 0.15) is 17.5 Å². The summed E-state index contributed by atoms with van der Waals surface area (Å²) >= 11 is 6.10. The van der Waals surface area contributed by atoms with Crippen LogP contribution < -0.4 is 10.5 Å². The molecule has 0 radical (unpaired) electrons. The third-order valence-corrected chi connectivity index (χ3v) is 7.51. The minimum Gasteiger partial charge on any atom is -0.468 e. The molecule has 2 aliphatic heterocycles. The zero-order valence-corrected chi connectivity index (χ0v) is 20.2. The van der Waals surface area contributed by atoms with E-state index in [-0.39, 0.29) is 11.8 Å². The molecule has 0 saturated carbocycles. The number of aromatic nitrogens is 2. The SMILES string of the molecule is Cn1c(CCCCCN2C(=O)C(C(N)=O)C3CC2(C)Oc2ccccc23)nc2cc(Cl)ccc21. The number of ether oxygens (including phenoxy) is 1. The van der Waals surface area contributed by atoms with Crippen LogP contribution >= 0.6 is 11.6 Å². The quantitative estimate of drug-likeness (QED) is 0.406. The minimum atomic E-state index is -0.857. The average Bonchev–Trinajstić information content (AvgIpc) is 3.09. The van der Waals surface area contributed by atoms with Crippen molar-refractivity contribution < 1.29 is 14.3 Å². The highest BCUT2D eigenvalue weighted by Gasteiger charge is 2.55. The number of benzene rings is 2. The summed E-state index contributed by atoms with van der Waals surface area (Å²) in [4.78, 5) is 32.1. The zero-order chi connectivity index (χ0) is 24.0. The summed E-state index contributed by atoms with van der Waals surface area (Å²) < 4.78 is 8.42. The second-order valence-electron chi connectivity index (χ2n) is 9.53. The van der Waals surface area contributed by atoms with Crippen LogP contribution in [0, 0.1) is 5.92 Å². The number of para-hydroxylation sites is 1. The third kappa shape index (κ3) is 3.82. The number of carbonyl (C=O) groups excluding carboxylic acids is 2. The van der Waals surface area contributed by atoms with Gasteiger partial charge in [0.2, 0.25) is 11.8 Å². The highest BCUT2D eigenvalue weighted by molar-refractivity contribution is 6.31. The molecule has 2 amide bonds. The number of nitrogens with two attached hydrogens (primary N) is 1. The van der Waals surface area contributed by atoms with Crippen LogP contribution in [0.5, 0.6) is 5.75 Å². The normalized spacial score (nSPS) is 23.6. The highest BCUT2D eigenvalue weighted by Crippen LogP contribution is 2.50. The van der Waals surface area contributed by atoms with Crippen LogP contribution in [0.25, 0.3) is 11.0 Å². The number of hydrogen-bond donors (Lipinski definition) is 1. The fourth-order valence-electron chi connectivity index (χ4n) is 5.56. The van der Waals surface area contributed by atoms with Gasteiger partial charge in [0.15, 0.2) is 5.72 Å². The predicted molar refractivity (Wildman–Crippen MR) is 131 cm³/mol. The lowest BCUT2D eigenvalue weighted by molar-refractivity contribution is -0.175. The molecule has 8 heteroatoms. The largest absolute Gasteiger partial charge is 0.468 e. The summed E-state index contributed by atoms with van der Waals surface area (Å²) in [6, 6.07) is 13.4. The van der Waals surface area contributed by atoms with Crippen molar-refractivity contribution in [1.82, 2.24) is 14.5 Å². The Morgan fingerprint density at radius 1 is 1.24 bits per heavy atom. The fraction of sp³-hybridized carbons (Fsp3) is 0.423. The highest BCUT2D eigenvalue weighted by atomic mass is 35.5. The van der Waals surface area contributed by atoms with Gasteiger partial charge in [-0.2, -0.15) is 0 Å². The monoisotopic (exact) mass is 480 g/mol. The first-order chi connectivity index (χ1) is 16.3. The number of carbonyl (C=O) groups is 2. The predicted octanol–water partition coefficient (Wildman–Crippen LogP) is 4.17. The van der Waals surface area contributed by atoms with Gasteiger partial charge >= 0.3 is 0 Å². The number of primary amides is 1. The Hall–Kier alpha value is -3.06. The molecule has 3 heterocycles. The first-order valence-corrected chi connectivity index (χ1v) is 12.2. The van der Waals surface area contributed by atoms with Crippen molar-refractivity contribution in [2.45, 2.75) is 50.7 Å². The molecule has 2 aliphatic rings. The number of halogens is 1. The molecular weight excluding hydrogens is 452 g/mol. The van der Waals surface area contributed by atoms with Gasteiger partial charge in [-0.25, -0.2) is 4.98 Å². The van der Waals surface area contributed by atoms with Crippen molar-refractivity contribution in [2.75, 3.05) is 6.54 Å². The van der Waals surface area contributed by atoms with Crippen molar-refractivity contribution in [3.63, 3.8) is 0 Å². The molecule has 2 aromatic carbocycles. The van der Waals surface area contributed by atoms with Gasteiger partial charge in [-0.15, -0.1) is 0 Å². The van der Waals surface area contributed by atoms with E-state index >= 15 is 0 Å². The van der Waals surface area contributed by atoms with E-state index in [9.17, 15) is 9.59 Å². The van der Waals surface area contributed by atoms with Crippen LogP contribution in [0.1, 0.15) is 49.9 Å². The Bertz CT molecular complexity index is 1270. The van der Waals surface area contributed by atoms with Gasteiger partial charge in [-0.05, 0) is 49.6 Å². The molecule has 0 spiro atoms. The maximum atomic E-state index is 13.4. The number of unbranched alkanes of at least 4 members (excludes halogenated alkanes) is 2. The van der Waals surface area contributed by atoms with E-state index in [2.05, 4.69) is 4.57 Å². The molecule has 3 unspecified atom stereocenters. The van der Waals surface area contributed by atoms with Crippen LogP contribution in [0.2, 0.25) is 5.02 Å². The number of aryl methyl sites for hydroxylation is 2. The Kier molecular flexibility index (Phi) is 5.76. The van der Waals surface area contributed by atoms with Crippen LogP contribution in [0.3, 0.4) is 0 Å². The van der Waals surface area contributed by atoms with E-state index in [4.69, 9.17) is 27.1 Å². The molecule has 1 saturated heterocycles. The lowest BCUT2D eigenvalue weighted by Crippen LogP contribution is -2.64. The van der Waals surface area contributed by atoms with Crippen molar-refractivity contribution in [2.24, 2.45) is 18.7 Å². The van der Waals surface area contributed by atoms with E-state index in [1.807, 2.05) is 56.4 Å². The lowest BCUT2D eigenvalue weighted by Gasteiger charge is -2.52. The smallest absolute Gasteiger partial charge is 0.238 e. The van der Waals surface area contributed by atoms with E-state index in [1.165, 1.54) is 0 Å². The summed E-state index contributed by atoms with van der Waals surface area (Å²) in [6.07, 6.45) is 4.06. The molecule has 178 valence electrons. The molecule has 2 N–H and O–H groups in total. The van der Waals surface area contributed by atoms with E-state index in [1.54, 1.807) is 4.90 Å². The summed E-state index contributed by atoms with van der Waals surface area (Å²) in [7, 11) is 2.02. The number of amides is 2. The number of imidazole rings is 1. The average molecular weight is 481 g/mol. The minimum absolute atomic E-state index is 0.229. The van der Waals surface area contributed by atoms with E-state index in [0.29, 0.717) is 18.0 Å². The topological polar surface area (TPSA) is 90.5 Å². The van der Waals surface area contributed by atoms with Gasteiger partial charge in [0, 0.05) is 37.4 Å². The second-order valence-corrected chi connectivity index (χ2v) is 9.96. The first-order valence-electron chi connectivity index (χ1n) is 11.8. The molecule has 2 bridgehead atoms. The molecule has 1 fully saturated rings. The van der Waals surface area contributed by atoms with Crippen molar-refractivity contribution in [3.05, 3.63) is 58.9 Å². The second kappa shape index (κ2) is 8.62. The lowest BCUT2D eigenvalue weighted by atomic mass is 9.73. The Balaban J connectivity index is 1.25. The summed E-state index contributed by atoms with van der Waals surface area (Å²) in [5.41, 5.74) is 7.78. The Morgan fingerprint density at radius 3 is 2.82 bits per heavy atom. The van der Waals surface area contributed by atoms with E-state index < -0.39 is 17.6 Å². The number of nitrogens with zero attached hydrogens (tertiary/aromatic N) is 3. The van der Waals surface area contributed by atoms with Crippen LogP contribution in [-0.2, 0) is 23.1 Å². The molecule has 3 atom stereocenters. The van der Waals surface area contributed by atoms with Crippen LogP contribution in [0.15, 0.2) is 42.5 Å². The Morgan fingerprint density at radius 2 is 2.03 bits per heavy atom. The summed E-state index contributed by atoms with van der Waals surface area (Å²) in [5, 5.41) is 0.681. The maximum Gasteiger partial charge on any atom is 0.238 e. The molecule has 34 heavy (non-hydrogen) atoms. The zero-order valence-electron chi connectivity index (χ0n) is 19.5. The van der Waals surface area contributed by atoms with Gasteiger partial charge in [-0.3, -0.25) is 9.59 Å². The molecule has 1 aromatic heterocycles. The molecule has 5 rings (SSSR count). The van der Waals surface area contributed by atoms with Gasteiger partial charge in [-0.1, -0.05) is 36.2 Å². The fourth-order valence-corrected chi connectivity index (χ4v) is 5.72. The number of hydrogen-bond acceptors (Lipinski definition) is 4. The number of fused-ring (bicyclic) bond motifs is 5. The third-order valence-electron chi connectivity index (χ3n) is 7.28. The van der Waals surface area contributed by atoms with Crippen molar-refractivity contribution >= 4 is 34.4 Å². The number of piperidine rings is 1. The molecule has 0 aliphatic carbocycles. The van der Waals surface area contributed by atoms with Gasteiger partial charge in [0.25, 0.3) is 0 Å². The standard InChI is InChI=1S/C26H29ClN4O3/c1-26-15-18(17-8-5-6-9-21(17)34-26)23(24(28)32)25(33)31(26)13-7-3-4-10-22-29-19-14-16(27)11-12-20(19)30(22)2/h5-6,8-9,11-12,14,18,23H,3-4,7,10,13,15H2,1-2H3,(H2,28,32). The van der Waals surface area contributed by atoms with Crippen LogP contribution in [0.4, 0.5) is 0 Å². The summed E-state index contributed by atoms with van der Waals surface area (Å²) in [6.45, 7) is 2.46. The Labute approximate surface area is 203 Å². The number of rotatable bonds is 7. The first kappa shape index (κ1) is 22.7. The van der Waals surface area contributed by atoms with Gasteiger partial charge < -0.3 is 19.9 Å².